The fourth-order valence-corrected chi connectivity index (χ4v) is 4.88. The van der Waals surface area contributed by atoms with Crippen LogP contribution in [0.5, 0.6) is 0 Å². The summed E-state index contributed by atoms with van der Waals surface area (Å²) in [5.74, 6) is 2.62. The minimum absolute atomic E-state index is 0.319. The molecule has 27 heavy (non-hydrogen) atoms. The summed E-state index contributed by atoms with van der Waals surface area (Å²) >= 11 is 0. The van der Waals surface area contributed by atoms with E-state index in [1.54, 1.807) is 0 Å². The minimum atomic E-state index is 0.319. The summed E-state index contributed by atoms with van der Waals surface area (Å²) in [4.78, 5) is 14.0. The van der Waals surface area contributed by atoms with Gasteiger partial charge < -0.3 is 15.0 Å². The van der Waals surface area contributed by atoms with Crippen LogP contribution in [0.15, 0.2) is 12.4 Å². The largest absolute Gasteiger partial charge is 0.376 e. The first-order valence-electron chi connectivity index (χ1n) is 10.8. The average molecular weight is 374 g/mol. The van der Waals surface area contributed by atoms with Crippen LogP contribution >= 0.6 is 0 Å². The molecule has 0 bridgehead atoms. The first kappa shape index (κ1) is 19.1. The van der Waals surface area contributed by atoms with E-state index in [0.717, 1.165) is 43.9 Å². The van der Waals surface area contributed by atoms with E-state index in [2.05, 4.69) is 32.1 Å². The zero-order chi connectivity index (χ0) is 18.5. The van der Waals surface area contributed by atoms with E-state index in [1.807, 2.05) is 12.4 Å². The molecule has 1 atom stereocenters. The SMILES string of the molecule is CN1CCC(C2CCN(Cc3cnc(NC[C@H]4CCCO4)nc3)CC2)CC1. The molecule has 1 aromatic heterocycles. The van der Waals surface area contributed by atoms with E-state index < -0.39 is 0 Å². The van der Waals surface area contributed by atoms with Crippen molar-refractivity contribution >= 4 is 5.95 Å². The van der Waals surface area contributed by atoms with Gasteiger partial charge in [0.1, 0.15) is 0 Å². The van der Waals surface area contributed by atoms with Crippen molar-refractivity contribution in [3.05, 3.63) is 18.0 Å². The molecule has 0 aromatic carbocycles. The Hall–Kier alpha value is -1.24. The van der Waals surface area contributed by atoms with Crippen molar-refractivity contribution in [1.29, 1.82) is 0 Å². The average Bonchev–Trinajstić information content (AvgIpc) is 3.22. The monoisotopic (exact) mass is 373 g/mol. The maximum absolute atomic E-state index is 5.63. The number of nitrogens with zero attached hydrogens (tertiary/aromatic N) is 4. The van der Waals surface area contributed by atoms with E-state index in [1.165, 1.54) is 63.8 Å². The summed E-state index contributed by atoms with van der Waals surface area (Å²) in [5.41, 5.74) is 1.22. The zero-order valence-electron chi connectivity index (χ0n) is 16.8. The van der Waals surface area contributed by atoms with Gasteiger partial charge in [0.25, 0.3) is 0 Å². The van der Waals surface area contributed by atoms with E-state index >= 15 is 0 Å². The summed E-state index contributed by atoms with van der Waals surface area (Å²) in [5, 5.41) is 3.30. The molecule has 0 aliphatic carbocycles. The summed E-state index contributed by atoms with van der Waals surface area (Å²) in [6.45, 7) is 7.69. The van der Waals surface area contributed by atoms with Crippen molar-refractivity contribution < 1.29 is 4.74 Å². The minimum Gasteiger partial charge on any atom is -0.376 e. The van der Waals surface area contributed by atoms with Crippen LogP contribution in [0.4, 0.5) is 5.95 Å². The number of ether oxygens (including phenoxy) is 1. The predicted molar refractivity (Wildman–Crippen MR) is 108 cm³/mol. The molecule has 6 nitrogen and oxygen atoms in total. The quantitative estimate of drug-likeness (QED) is 0.827. The molecule has 6 heteroatoms. The van der Waals surface area contributed by atoms with Crippen molar-refractivity contribution in [3.8, 4) is 0 Å². The summed E-state index contributed by atoms with van der Waals surface area (Å²) in [6.07, 6.45) is 12.1. The normalized spacial score (nSPS) is 26.5. The molecule has 3 aliphatic heterocycles. The Balaban J connectivity index is 1.18. The van der Waals surface area contributed by atoms with Crippen molar-refractivity contribution in [3.63, 3.8) is 0 Å². The van der Waals surface area contributed by atoms with Gasteiger partial charge in [0.2, 0.25) is 5.95 Å². The Morgan fingerprint density at radius 3 is 2.30 bits per heavy atom. The Morgan fingerprint density at radius 1 is 1.00 bits per heavy atom. The molecule has 3 aliphatic rings. The van der Waals surface area contributed by atoms with Gasteiger partial charge >= 0.3 is 0 Å². The zero-order valence-corrected chi connectivity index (χ0v) is 16.8. The maximum Gasteiger partial charge on any atom is 0.222 e. The van der Waals surface area contributed by atoms with Gasteiger partial charge in [-0.15, -0.1) is 0 Å². The highest BCUT2D eigenvalue weighted by molar-refractivity contribution is 5.25. The topological polar surface area (TPSA) is 53.5 Å². The third-order valence-electron chi connectivity index (χ3n) is 6.69. The van der Waals surface area contributed by atoms with Gasteiger partial charge in [-0.1, -0.05) is 0 Å². The third-order valence-corrected chi connectivity index (χ3v) is 6.69. The fraction of sp³-hybridized carbons (Fsp3) is 0.810. The van der Waals surface area contributed by atoms with Crippen LogP contribution in [0.2, 0.25) is 0 Å². The second-order valence-corrected chi connectivity index (χ2v) is 8.69. The second-order valence-electron chi connectivity index (χ2n) is 8.69. The molecule has 3 fully saturated rings. The molecule has 1 aromatic rings. The fourth-order valence-electron chi connectivity index (χ4n) is 4.88. The first-order chi connectivity index (χ1) is 13.3. The van der Waals surface area contributed by atoms with Gasteiger partial charge in [-0.25, -0.2) is 9.97 Å². The Morgan fingerprint density at radius 2 is 1.67 bits per heavy atom. The number of piperidine rings is 2. The maximum atomic E-state index is 5.63. The molecule has 0 saturated carbocycles. The van der Waals surface area contributed by atoms with Crippen LogP contribution in [0.1, 0.15) is 44.1 Å². The van der Waals surface area contributed by atoms with Crippen molar-refractivity contribution in [1.82, 2.24) is 19.8 Å². The van der Waals surface area contributed by atoms with Crippen LogP contribution in [-0.4, -0.2) is 72.3 Å². The van der Waals surface area contributed by atoms with Crippen molar-refractivity contribution in [2.24, 2.45) is 11.8 Å². The molecule has 3 saturated heterocycles. The summed E-state index contributed by atoms with van der Waals surface area (Å²) < 4.78 is 5.63. The number of rotatable bonds is 6. The number of aromatic nitrogens is 2. The van der Waals surface area contributed by atoms with Gasteiger partial charge in [0, 0.05) is 37.7 Å². The molecule has 4 rings (SSSR count). The van der Waals surface area contributed by atoms with E-state index in [9.17, 15) is 0 Å². The lowest BCUT2D eigenvalue weighted by Gasteiger charge is -2.39. The molecule has 4 heterocycles. The highest BCUT2D eigenvalue weighted by Crippen LogP contribution is 2.32. The van der Waals surface area contributed by atoms with Gasteiger partial charge in [0.05, 0.1) is 6.10 Å². The van der Waals surface area contributed by atoms with E-state index in [-0.39, 0.29) is 0 Å². The highest BCUT2D eigenvalue weighted by atomic mass is 16.5. The standard InChI is InChI=1S/C21H35N5O/c1-25-8-4-18(5-9-25)19-6-10-26(11-7-19)16-17-13-22-21(23-14-17)24-15-20-3-2-12-27-20/h13-14,18-20H,2-12,15-16H2,1H3,(H,22,23,24)/t20-/m1/s1. The number of likely N-dealkylation sites (tertiary alicyclic amines) is 2. The third kappa shape index (κ3) is 5.39. The van der Waals surface area contributed by atoms with Crippen molar-refractivity contribution in [2.75, 3.05) is 51.7 Å². The molecule has 0 unspecified atom stereocenters. The highest BCUT2D eigenvalue weighted by Gasteiger charge is 2.28. The Bertz CT molecular complexity index is 558. The van der Waals surface area contributed by atoms with E-state index in [0.29, 0.717) is 6.10 Å². The molecule has 0 amide bonds. The van der Waals surface area contributed by atoms with Crippen LogP contribution in [0.3, 0.4) is 0 Å². The molecule has 0 radical (unpaired) electrons. The first-order valence-corrected chi connectivity index (χ1v) is 10.8. The number of hydrogen-bond acceptors (Lipinski definition) is 6. The molecular formula is C21H35N5O. The van der Waals surface area contributed by atoms with E-state index in [4.69, 9.17) is 4.74 Å². The van der Waals surface area contributed by atoms with Gasteiger partial charge in [0.15, 0.2) is 0 Å². The van der Waals surface area contributed by atoms with Gasteiger partial charge in [-0.2, -0.15) is 0 Å². The lowest BCUT2D eigenvalue weighted by Crippen LogP contribution is -2.39. The lowest BCUT2D eigenvalue weighted by atomic mass is 9.79. The Labute approximate surface area is 163 Å². The molecule has 150 valence electrons. The molecular weight excluding hydrogens is 338 g/mol. The number of nitrogens with one attached hydrogen (secondary N) is 1. The van der Waals surface area contributed by atoms with Crippen LogP contribution < -0.4 is 5.32 Å². The predicted octanol–water partition coefficient (Wildman–Crippen LogP) is 2.62. The molecule has 0 spiro atoms. The van der Waals surface area contributed by atoms with Crippen LogP contribution in [0.25, 0.3) is 0 Å². The number of hydrogen-bond donors (Lipinski definition) is 1. The van der Waals surface area contributed by atoms with Crippen LogP contribution in [0, 0.1) is 11.8 Å². The lowest BCUT2D eigenvalue weighted by molar-refractivity contribution is 0.102. The van der Waals surface area contributed by atoms with Gasteiger partial charge in [-0.05, 0) is 83.6 Å². The number of anilines is 1. The second kappa shape index (κ2) is 9.30. The molecule has 1 N–H and O–H groups in total. The summed E-state index contributed by atoms with van der Waals surface area (Å²) in [6, 6.07) is 0. The Kier molecular flexibility index (Phi) is 6.58. The summed E-state index contributed by atoms with van der Waals surface area (Å²) in [7, 11) is 2.25. The van der Waals surface area contributed by atoms with Gasteiger partial charge in [-0.3, -0.25) is 4.90 Å². The van der Waals surface area contributed by atoms with Crippen LogP contribution in [-0.2, 0) is 11.3 Å². The van der Waals surface area contributed by atoms with Crippen molar-refractivity contribution in [2.45, 2.75) is 51.2 Å². The smallest absolute Gasteiger partial charge is 0.222 e.